The molecule has 35 heavy (non-hydrogen) atoms. The second kappa shape index (κ2) is 12.5. The highest BCUT2D eigenvalue weighted by atomic mass is 127. The van der Waals surface area contributed by atoms with E-state index >= 15 is 0 Å². The summed E-state index contributed by atoms with van der Waals surface area (Å²) in [5.74, 6) is 0.700. The molecule has 0 bridgehead atoms. The number of likely N-dealkylation sites (tertiary alicyclic amines) is 1. The summed E-state index contributed by atoms with van der Waals surface area (Å²) in [5, 5.41) is 3.20. The summed E-state index contributed by atoms with van der Waals surface area (Å²) in [6, 6.07) is 25.8. The van der Waals surface area contributed by atoms with Crippen molar-refractivity contribution in [3.63, 3.8) is 0 Å². The van der Waals surface area contributed by atoms with Crippen LogP contribution in [0.4, 0.5) is 0 Å². The number of benzene rings is 3. The van der Waals surface area contributed by atoms with Gasteiger partial charge in [0.25, 0.3) is 5.91 Å². The molecule has 3 aromatic rings. The van der Waals surface area contributed by atoms with Crippen LogP contribution in [0.2, 0.25) is 0 Å². The van der Waals surface area contributed by atoms with Gasteiger partial charge in [0.1, 0.15) is 0 Å². The van der Waals surface area contributed by atoms with E-state index in [0.29, 0.717) is 12.0 Å². The fourth-order valence-electron chi connectivity index (χ4n) is 4.98. The summed E-state index contributed by atoms with van der Waals surface area (Å²) in [6.45, 7) is 6.70. The zero-order valence-corrected chi connectivity index (χ0v) is 24.3. The average molecular weight is 645 g/mol. The molecule has 0 aromatic heterocycles. The molecule has 3 nitrogen and oxygen atoms in total. The third-order valence-corrected chi connectivity index (χ3v) is 8.52. The van der Waals surface area contributed by atoms with Crippen molar-refractivity contribution in [2.75, 3.05) is 13.1 Å². The number of halogens is 2. The van der Waals surface area contributed by atoms with Gasteiger partial charge in [0.2, 0.25) is 0 Å². The zero-order chi connectivity index (χ0) is 24.8. The Balaban J connectivity index is 1.28. The van der Waals surface area contributed by atoms with Gasteiger partial charge in [-0.05, 0) is 127 Å². The largest absolute Gasteiger partial charge is 0.345 e. The molecule has 1 aliphatic rings. The summed E-state index contributed by atoms with van der Waals surface area (Å²) in [4.78, 5) is 15.5. The van der Waals surface area contributed by atoms with E-state index in [1.54, 1.807) is 0 Å². The maximum Gasteiger partial charge on any atom is 0.251 e. The lowest BCUT2D eigenvalue weighted by Gasteiger charge is -2.36. The third-order valence-electron chi connectivity index (χ3n) is 7.28. The van der Waals surface area contributed by atoms with E-state index in [-0.39, 0.29) is 11.9 Å². The van der Waals surface area contributed by atoms with Crippen LogP contribution in [-0.2, 0) is 6.42 Å². The second-order valence-corrected chi connectivity index (χ2v) is 11.8. The van der Waals surface area contributed by atoms with Crippen molar-refractivity contribution in [3.8, 4) is 0 Å². The molecule has 1 aliphatic heterocycles. The first-order valence-corrected chi connectivity index (χ1v) is 14.4. The van der Waals surface area contributed by atoms with Crippen LogP contribution in [0.1, 0.15) is 72.2 Å². The molecular weight excluding hydrogens is 611 g/mol. The second-order valence-electron chi connectivity index (χ2n) is 9.59. The normalized spacial score (nSPS) is 16.6. The molecule has 0 spiro atoms. The number of carbonyl (C=O) groups excluding carboxylic acids is 1. The van der Waals surface area contributed by atoms with Crippen LogP contribution in [-0.4, -0.2) is 23.9 Å². The first-order chi connectivity index (χ1) is 16.9. The lowest BCUT2D eigenvalue weighted by atomic mass is 9.89. The molecular formula is C30H34BrIN2O. The van der Waals surface area contributed by atoms with Crippen LogP contribution in [0.5, 0.6) is 0 Å². The molecule has 5 heteroatoms. The minimum Gasteiger partial charge on any atom is -0.345 e. The lowest BCUT2D eigenvalue weighted by Crippen LogP contribution is -2.36. The van der Waals surface area contributed by atoms with Crippen LogP contribution in [0.15, 0.2) is 77.3 Å². The van der Waals surface area contributed by atoms with E-state index in [0.717, 1.165) is 41.5 Å². The number of piperidine rings is 1. The van der Waals surface area contributed by atoms with Crippen molar-refractivity contribution in [1.29, 1.82) is 0 Å². The molecule has 1 amide bonds. The maximum atomic E-state index is 12.9. The average Bonchev–Trinajstić information content (AvgIpc) is 2.88. The number of rotatable bonds is 8. The van der Waals surface area contributed by atoms with E-state index in [1.807, 2.05) is 12.1 Å². The van der Waals surface area contributed by atoms with Crippen molar-refractivity contribution in [2.45, 2.75) is 51.6 Å². The standard InChI is InChI=1S/C30H34BrIN2O/c1-3-29(25-10-14-28(32)15-11-25)33-30(35)26-6-4-22(5-7-26)20-23-16-18-34(19-17-23)21(2)24-8-12-27(31)13-9-24/h4-15,21,23,29H,3,16-20H2,1-2H3,(H,33,35)/t21?,29-/m1/s1. The quantitative estimate of drug-likeness (QED) is 0.253. The van der Waals surface area contributed by atoms with E-state index in [1.165, 1.54) is 27.5 Å². The van der Waals surface area contributed by atoms with Gasteiger partial charge in [-0.1, -0.05) is 59.3 Å². The molecule has 1 unspecified atom stereocenters. The summed E-state index contributed by atoms with van der Waals surface area (Å²) >= 11 is 5.84. The molecule has 0 radical (unpaired) electrons. The molecule has 1 heterocycles. The molecule has 0 saturated carbocycles. The van der Waals surface area contributed by atoms with Gasteiger partial charge in [-0.2, -0.15) is 0 Å². The zero-order valence-electron chi connectivity index (χ0n) is 20.5. The van der Waals surface area contributed by atoms with Crippen molar-refractivity contribution >= 4 is 44.4 Å². The van der Waals surface area contributed by atoms with Gasteiger partial charge < -0.3 is 5.32 Å². The van der Waals surface area contributed by atoms with Gasteiger partial charge >= 0.3 is 0 Å². The summed E-state index contributed by atoms with van der Waals surface area (Å²) < 4.78 is 2.33. The summed E-state index contributed by atoms with van der Waals surface area (Å²) in [5.41, 5.74) is 4.59. The predicted octanol–water partition coefficient (Wildman–Crippen LogP) is 7.95. The number of amides is 1. The Hall–Kier alpha value is -1.70. The van der Waals surface area contributed by atoms with Gasteiger partial charge in [-0.3, -0.25) is 9.69 Å². The minimum atomic E-state index is -0.00260. The molecule has 2 atom stereocenters. The lowest BCUT2D eigenvalue weighted by molar-refractivity contribution is 0.0935. The Morgan fingerprint density at radius 1 is 0.971 bits per heavy atom. The SMILES string of the molecule is CC[C@@H](NC(=O)c1ccc(CC2CCN(C(C)c3ccc(Br)cc3)CC2)cc1)c1ccc(I)cc1. The Bertz CT molecular complexity index is 1090. The van der Waals surface area contributed by atoms with Gasteiger partial charge in [-0.15, -0.1) is 0 Å². The maximum absolute atomic E-state index is 12.9. The topological polar surface area (TPSA) is 32.3 Å². The Labute approximate surface area is 232 Å². The fraction of sp³-hybridized carbons (Fsp3) is 0.367. The van der Waals surface area contributed by atoms with E-state index in [9.17, 15) is 4.79 Å². The number of hydrogen-bond acceptors (Lipinski definition) is 2. The molecule has 1 fully saturated rings. The number of carbonyl (C=O) groups is 1. The van der Waals surface area contributed by atoms with Crippen LogP contribution >= 0.6 is 38.5 Å². The Morgan fingerprint density at radius 3 is 2.17 bits per heavy atom. The monoisotopic (exact) mass is 644 g/mol. The molecule has 184 valence electrons. The number of nitrogens with zero attached hydrogens (tertiary/aromatic N) is 1. The van der Waals surface area contributed by atoms with Crippen molar-refractivity contribution in [1.82, 2.24) is 10.2 Å². The van der Waals surface area contributed by atoms with E-state index < -0.39 is 0 Å². The van der Waals surface area contributed by atoms with Crippen LogP contribution < -0.4 is 5.32 Å². The van der Waals surface area contributed by atoms with Gasteiger partial charge in [0.15, 0.2) is 0 Å². The number of nitrogens with one attached hydrogen (secondary N) is 1. The third kappa shape index (κ3) is 7.17. The first kappa shape index (κ1) is 26.4. The Kier molecular flexibility index (Phi) is 9.42. The Morgan fingerprint density at radius 2 is 1.57 bits per heavy atom. The van der Waals surface area contributed by atoms with E-state index in [4.69, 9.17) is 0 Å². The van der Waals surface area contributed by atoms with Crippen molar-refractivity contribution < 1.29 is 4.79 Å². The minimum absolute atomic E-state index is 0.00260. The van der Waals surface area contributed by atoms with Gasteiger partial charge in [-0.25, -0.2) is 0 Å². The highest BCUT2D eigenvalue weighted by molar-refractivity contribution is 14.1. The van der Waals surface area contributed by atoms with E-state index in [2.05, 4.69) is 123 Å². The highest BCUT2D eigenvalue weighted by Gasteiger charge is 2.24. The van der Waals surface area contributed by atoms with Gasteiger partial charge in [0.05, 0.1) is 6.04 Å². The van der Waals surface area contributed by atoms with Crippen molar-refractivity contribution in [2.24, 2.45) is 5.92 Å². The summed E-state index contributed by atoms with van der Waals surface area (Å²) in [6.07, 6.45) is 4.39. The summed E-state index contributed by atoms with van der Waals surface area (Å²) in [7, 11) is 0. The van der Waals surface area contributed by atoms with Crippen molar-refractivity contribution in [3.05, 3.63) is 103 Å². The van der Waals surface area contributed by atoms with Crippen LogP contribution in [0.3, 0.4) is 0 Å². The van der Waals surface area contributed by atoms with Crippen LogP contribution in [0.25, 0.3) is 0 Å². The highest BCUT2D eigenvalue weighted by Crippen LogP contribution is 2.29. The smallest absolute Gasteiger partial charge is 0.251 e. The molecule has 4 rings (SSSR count). The van der Waals surface area contributed by atoms with Crippen LogP contribution in [0, 0.1) is 9.49 Å². The van der Waals surface area contributed by atoms with Gasteiger partial charge in [0, 0.05) is 19.6 Å². The number of hydrogen-bond donors (Lipinski definition) is 1. The molecule has 1 N–H and O–H groups in total. The molecule has 1 saturated heterocycles. The first-order valence-electron chi connectivity index (χ1n) is 12.6. The fourth-order valence-corrected chi connectivity index (χ4v) is 5.60. The molecule has 3 aromatic carbocycles. The molecule has 0 aliphatic carbocycles. The predicted molar refractivity (Wildman–Crippen MR) is 157 cm³/mol.